The van der Waals surface area contributed by atoms with Crippen molar-refractivity contribution in [1.29, 1.82) is 0 Å². The van der Waals surface area contributed by atoms with E-state index in [0.29, 0.717) is 17.9 Å². The fraction of sp³-hybridized carbons (Fsp3) is 0.261. The third-order valence-corrected chi connectivity index (χ3v) is 7.01. The van der Waals surface area contributed by atoms with Gasteiger partial charge < -0.3 is 9.30 Å². The molecule has 0 fully saturated rings. The molecule has 1 heterocycles. The summed E-state index contributed by atoms with van der Waals surface area (Å²) in [6, 6.07) is 17.9. The van der Waals surface area contributed by atoms with Crippen LogP contribution in [0.5, 0.6) is 5.75 Å². The van der Waals surface area contributed by atoms with Crippen LogP contribution in [0.25, 0.3) is 0 Å². The van der Waals surface area contributed by atoms with E-state index in [1.807, 2.05) is 50.2 Å². The molecule has 0 saturated carbocycles. The van der Waals surface area contributed by atoms with Crippen molar-refractivity contribution in [3.05, 3.63) is 83.2 Å². The molecule has 0 atom stereocenters. The van der Waals surface area contributed by atoms with Crippen molar-refractivity contribution in [3.8, 4) is 5.75 Å². The van der Waals surface area contributed by atoms with Crippen molar-refractivity contribution in [2.45, 2.75) is 25.3 Å². The highest BCUT2D eigenvalue weighted by Gasteiger charge is 2.25. The van der Waals surface area contributed by atoms with Crippen LogP contribution in [0, 0.1) is 13.8 Å². The Balaban J connectivity index is 1.79. The molecule has 3 rings (SSSR count). The zero-order chi connectivity index (χ0) is 21.9. The Bertz CT molecular complexity index is 1130. The number of carbonyl (C=O) groups is 1. The Morgan fingerprint density at radius 2 is 1.67 bits per heavy atom. The minimum absolute atomic E-state index is 0.119. The molecule has 0 bridgehead atoms. The topological polar surface area (TPSA) is 68.6 Å². The molecule has 2 aromatic carbocycles. The summed E-state index contributed by atoms with van der Waals surface area (Å²) in [6.07, 6.45) is 0. The van der Waals surface area contributed by atoms with Gasteiger partial charge in [0, 0.05) is 30.5 Å². The number of methoxy groups -OCH3 is 1. The molecule has 0 aliphatic heterocycles. The number of ether oxygens (including phenoxy) is 1. The molecule has 0 aliphatic rings. The van der Waals surface area contributed by atoms with Crippen LogP contribution in [0.4, 0.5) is 0 Å². The number of sulfonamides is 1. The highest BCUT2D eigenvalue weighted by Crippen LogP contribution is 2.21. The molecule has 158 valence electrons. The van der Waals surface area contributed by atoms with Crippen molar-refractivity contribution in [2.24, 2.45) is 0 Å². The van der Waals surface area contributed by atoms with E-state index in [-0.39, 0.29) is 17.2 Å². The second-order valence-corrected chi connectivity index (χ2v) is 9.26. The number of rotatable bonds is 8. The first-order chi connectivity index (χ1) is 14.2. The predicted octanol–water partition coefficient (Wildman–Crippen LogP) is 3.67. The van der Waals surface area contributed by atoms with Gasteiger partial charge in [-0.15, -0.1) is 0 Å². The maximum absolute atomic E-state index is 12.9. The van der Waals surface area contributed by atoms with Crippen LogP contribution < -0.4 is 4.74 Å². The molecule has 7 heteroatoms. The molecule has 6 nitrogen and oxygen atoms in total. The first-order valence-electron chi connectivity index (χ1n) is 9.58. The van der Waals surface area contributed by atoms with Crippen LogP contribution in [0.3, 0.4) is 0 Å². The molecule has 0 saturated heterocycles. The maximum Gasteiger partial charge on any atom is 0.243 e. The van der Waals surface area contributed by atoms with Crippen molar-refractivity contribution >= 4 is 15.8 Å². The van der Waals surface area contributed by atoms with E-state index in [1.54, 1.807) is 12.1 Å². The number of aryl methyl sites for hydroxylation is 1. The number of aromatic nitrogens is 1. The summed E-state index contributed by atoms with van der Waals surface area (Å²) < 4.78 is 33.9. The quantitative estimate of drug-likeness (QED) is 0.516. The van der Waals surface area contributed by atoms with E-state index < -0.39 is 10.0 Å². The molecule has 30 heavy (non-hydrogen) atoms. The van der Waals surface area contributed by atoms with Crippen molar-refractivity contribution in [1.82, 2.24) is 8.87 Å². The third kappa shape index (κ3) is 4.47. The lowest BCUT2D eigenvalue weighted by Gasteiger charge is -2.17. The summed E-state index contributed by atoms with van der Waals surface area (Å²) in [5.74, 6) is 0.334. The molecule has 0 aliphatic carbocycles. The van der Waals surface area contributed by atoms with E-state index >= 15 is 0 Å². The first-order valence-corrected chi connectivity index (χ1v) is 11.0. The van der Waals surface area contributed by atoms with E-state index in [1.165, 1.54) is 26.3 Å². The molecular weight excluding hydrogens is 400 g/mol. The Morgan fingerprint density at radius 3 is 2.27 bits per heavy atom. The summed E-state index contributed by atoms with van der Waals surface area (Å²) in [4.78, 5) is 13.1. The highest BCUT2D eigenvalue weighted by atomic mass is 32.2. The molecule has 0 unspecified atom stereocenters. The second kappa shape index (κ2) is 8.85. The lowest BCUT2D eigenvalue weighted by molar-refractivity contribution is 0.0972. The van der Waals surface area contributed by atoms with Crippen LogP contribution in [0.15, 0.2) is 65.6 Å². The van der Waals surface area contributed by atoms with Gasteiger partial charge in [-0.2, -0.15) is 4.31 Å². The molecule has 0 spiro atoms. The van der Waals surface area contributed by atoms with Gasteiger partial charge in [0.15, 0.2) is 5.78 Å². The standard InChI is InChI=1S/C23H26N2O4S/c1-17-14-22(18(2)25(17)15-19-8-6-5-7-9-19)23(26)16-24(3)30(27,28)21-12-10-20(29-4)11-13-21/h5-14H,15-16H2,1-4H3. The molecule has 0 N–H and O–H groups in total. The third-order valence-electron chi connectivity index (χ3n) is 5.19. The van der Waals surface area contributed by atoms with E-state index in [0.717, 1.165) is 21.3 Å². The second-order valence-electron chi connectivity index (χ2n) is 7.22. The number of carbonyl (C=O) groups excluding carboxylic acids is 1. The van der Waals surface area contributed by atoms with Gasteiger partial charge in [0.2, 0.25) is 10.0 Å². The zero-order valence-corrected chi connectivity index (χ0v) is 18.4. The van der Waals surface area contributed by atoms with Crippen molar-refractivity contribution in [3.63, 3.8) is 0 Å². The fourth-order valence-electron chi connectivity index (χ4n) is 3.39. The summed E-state index contributed by atoms with van der Waals surface area (Å²) in [6.45, 7) is 4.27. The molecule has 0 amide bonds. The SMILES string of the molecule is COc1ccc(S(=O)(=O)N(C)CC(=O)c2cc(C)n(Cc3ccccc3)c2C)cc1. The number of Topliss-reactive ketones (excluding diaryl/α,β-unsaturated/α-hetero) is 1. The van der Waals surface area contributed by atoms with Crippen LogP contribution in [-0.4, -0.2) is 43.8 Å². The Labute approximate surface area is 177 Å². The normalized spacial score (nSPS) is 11.6. The van der Waals surface area contributed by atoms with Gasteiger partial charge in [-0.25, -0.2) is 8.42 Å². The average molecular weight is 427 g/mol. The molecule has 3 aromatic rings. The Morgan fingerprint density at radius 1 is 1.03 bits per heavy atom. The van der Waals surface area contributed by atoms with Crippen LogP contribution in [0.1, 0.15) is 27.3 Å². The van der Waals surface area contributed by atoms with Gasteiger partial charge in [-0.3, -0.25) is 4.79 Å². The van der Waals surface area contributed by atoms with Crippen LogP contribution in [0.2, 0.25) is 0 Å². The minimum atomic E-state index is -3.78. The minimum Gasteiger partial charge on any atom is -0.497 e. The number of hydrogen-bond donors (Lipinski definition) is 0. The monoisotopic (exact) mass is 426 g/mol. The van der Waals surface area contributed by atoms with Gasteiger partial charge in [0.1, 0.15) is 5.75 Å². The maximum atomic E-state index is 12.9. The molecule has 0 radical (unpaired) electrons. The number of hydrogen-bond acceptors (Lipinski definition) is 4. The largest absolute Gasteiger partial charge is 0.497 e. The summed E-state index contributed by atoms with van der Waals surface area (Å²) in [5.41, 5.74) is 3.47. The first kappa shape index (κ1) is 21.8. The van der Waals surface area contributed by atoms with Gasteiger partial charge in [0.05, 0.1) is 18.6 Å². The fourth-order valence-corrected chi connectivity index (χ4v) is 4.52. The highest BCUT2D eigenvalue weighted by molar-refractivity contribution is 7.89. The van der Waals surface area contributed by atoms with Crippen LogP contribution in [-0.2, 0) is 16.6 Å². The summed E-state index contributed by atoms with van der Waals surface area (Å²) in [5, 5.41) is 0. The van der Waals surface area contributed by atoms with Gasteiger partial charge >= 0.3 is 0 Å². The summed E-state index contributed by atoms with van der Waals surface area (Å²) >= 11 is 0. The number of likely N-dealkylation sites (N-methyl/N-ethyl adjacent to an activating group) is 1. The lowest BCUT2D eigenvalue weighted by atomic mass is 10.1. The van der Waals surface area contributed by atoms with Gasteiger partial charge in [-0.1, -0.05) is 30.3 Å². The van der Waals surface area contributed by atoms with Crippen molar-refractivity contribution in [2.75, 3.05) is 20.7 Å². The predicted molar refractivity (Wildman–Crippen MR) is 117 cm³/mol. The zero-order valence-electron chi connectivity index (χ0n) is 17.6. The smallest absolute Gasteiger partial charge is 0.243 e. The lowest BCUT2D eigenvalue weighted by Crippen LogP contribution is -2.32. The van der Waals surface area contributed by atoms with Gasteiger partial charge in [0.25, 0.3) is 0 Å². The van der Waals surface area contributed by atoms with E-state index in [2.05, 4.69) is 4.57 Å². The average Bonchev–Trinajstić information content (AvgIpc) is 3.02. The number of nitrogens with zero attached hydrogens (tertiary/aromatic N) is 2. The van der Waals surface area contributed by atoms with E-state index in [9.17, 15) is 13.2 Å². The van der Waals surface area contributed by atoms with E-state index in [4.69, 9.17) is 4.74 Å². The Kier molecular flexibility index (Phi) is 6.43. The Hall–Kier alpha value is -2.90. The number of benzene rings is 2. The molecule has 1 aromatic heterocycles. The van der Waals surface area contributed by atoms with Gasteiger partial charge in [-0.05, 0) is 49.7 Å². The van der Waals surface area contributed by atoms with Crippen LogP contribution >= 0.6 is 0 Å². The number of ketones is 1. The summed E-state index contributed by atoms with van der Waals surface area (Å²) in [7, 11) is -0.848. The van der Waals surface area contributed by atoms with Crippen molar-refractivity contribution < 1.29 is 17.9 Å². The molecular formula is C23H26N2O4S.